The molecule has 0 atom stereocenters. The number of nitrogens with zero attached hydrogens (tertiary/aromatic N) is 1. The summed E-state index contributed by atoms with van der Waals surface area (Å²) >= 11 is 22.1. The van der Waals surface area contributed by atoms with Gasteiger partial charge in [-0.1, -0.05) is 65.4 Å². The van der Waals surface area contributed by atoms with Crippen molar-refractivity contribution in [2.75, 3.05) is 4.90 Å². The third kappa shape index (κ3) is 5.18. The number of ether oxygens (including phenoxy) is 1. The third-order valence-corrected chi connectivity index (χ3v) is 7.02. The van der Waals surface area contributed by atoms with Crippen LogP contribution in [-0.2, 0) is 11.4 Å². The highest BCUT2D eigenvalue weighted by atomic mass is 79.9. The van der Waals surface area contributed by atoms with E-state index in [0.717, 1.165) is 15.6 Å². The summed E-state index contributed by atoms with van der Waals surface area (Å²) in [6.45, 7) is 0.278. The summed E-state index contributed by atoms with van der Waals surface area (Å²) in [5.74, 6) is -0.0974. The molecule has 1 heterocycles. The topological polar surface area (TPSA) is 29.5 Å². The number of amides is 1. The van der Waals surface area contributed by atoms with Gasteiger partial charge in [-0.05, 0) is 70.0 Å². The van der Waals surface area contributed by atoms with Crippen LogP contribution in [0.25, 0.3) is 6.08 Å². The predicted molar refractivity (Wildman–Crippen MR) is 137 cm³/mol. The molecule has 0 N–H and O–H groups in total. The van der Waals surface area contributed by atoms with Gasteiger partial charge >= 0.3 is 0 Å². The molecular formula is C23H13BrCl2FNO2S2. The highest BCUT2D eigenvalue weighted by molar-refractivity contribution is 9.10. The average Bonchev–Trinajstić information content (AvgIpc) is 3.01. The molecule has 0 aliphatic carbocycles. The van der Waals surface area contributed by atoms with E-state index in [9.17, 15) is 9.18 Å². The Kier molecular flexibility index (Phi) is 7.22. The number of thiocarbonyl (C=S) groups is 1. The van der Waals surface area contributed by atoms with E-state index in [-0.39, 0.29) is 12.5 Å². The normalized spacial score (nSPS) is 15.0. The number of halogens is 4. The van der Waals surface area contributed by atoms with Crippen molar-refractivity contribution in [3.05, 3.63) is 97.0 Å². The highest BCUT2D eigenvalue weighted by Crippen LogP contribution is 2.37. The van der Waals surface area contributed by atoms with E-state index in [1.807, 2.05) is 18.2 Å². The summed E-state index contributed by atoms with van der Waals surface area (Å²) in [5, 5.41) is 1.10. The number of anilines is 1. The molecule has 0 radical (unpaired) electrons. The molecule has 3 nitrogen and oxygen atoms in total. The van der Waals surface area contributed by atoms with E-state index >= 15 is 0 Å². The molecule has 162 valence electrons. The maximum atomic E-state index is 13.6. The van der Waals surface area contributed by atoms with Crippen LogP contribution >= 0.6 is 63.1 Å². The van der Waals surface area contributed by atoms with Gasteiger partial charge in [-0.15, -0.1) is 0 Å². The van der Waals surface area contributed by atoms with Crippen LogP contribution in [0.15, 0.2) is 70.0 Å². The quantitative estimate of drug-likeness (QED) is 0.231. The van der Waals surface area contributed by atoms with E-state index in [1.54, 1.807) is 36.4 Å². The second-order valence-corrected chi connectivity index (χ2v) is 10.1. The SMILES string of the molecule is O=C1/C(=C/c2ccc(OCc3ccc(Cl)cc3Cl)c(Br)c2)SC(=S)N1c1cccc(F)c1. The van der Waals surface area contributed by atoms with Crippen molar-refractivity contribution in [1.82, 2.24) is 0 Å². The summed E-state index contributed by atoms with van der Waals surface area (Å²) in [6, 6.07) is 16.5. The van der Waals surface area contributed by atoms with Gasteiger partial charge < -0.3 is 4.74 Å². The second-order valence-electron chi connectivity index (χ2n) is 6.71. The summed E-state index contributed by atoms with van der Waals surface area (Å²) in [4.78, 5) is 14.6. The molecule has 1 aliphatic rings. The molecule has 0 saturated carbocycles. The van der Waals surface area contributed by atoms with Crippen LogP contribution in [0.3, 0.4) is 0 Å². The molecule has 0 spiro atoms. The van der Waals surface area contributed by atoms with E-state index in [2.05, 4.69) is 15.9 Å². The van der Waals surface area contributed by atoms with Gasteiger partial charge in [-0.2, -0.15) is 0 Å². The van der Waals surface area contributed by atoms with Gasteiger partial charge in [-0.25, -0.2) is 4.39 Å². The lowest BCUT2D eigenvalue weighted by Gasteiger charge is -2.14. The largest absolute Gasteiger partial charge is 0.488 e. The zero-order chi connectivity index (χ0) is 22.8. The van der Waals surface area contributed by atoms with Crippen LogP contribution in [0.5, 0.6) is 5.75 Å². The standard InChI is InChI=1S/C23H13BrCl2FNO2S2/c24-18-8-13(4-7-20(18)30-12-14-5-6-15(25)10-19(14)26)9-21-22(29)28(23(31)32-21)17-3-1-2-16(27)11-17/h1-11H,12H2/b21-9-. The van der Waals surface area contributed by atoms with E-state index < -0.39 is 5.82 Å². The summed E-state index contributed by atoms with van der Waals surface area (Å²) in [5.41, 5.74) is 2.00. The first-order chi connectivity index (χ1) is 15.3. The van der Waals surface area contributed by atoms with Gasteiger partial charge in [0, 0.05) is 15.6 Å². The molecule has 9 heteroatoms. The summed E-state index contributed by atoms with van der Waals surface area (Å²) < 4.78 is 20.5. The Morgan fingerprint density at radius 2 is 1.94 bits per heavy atom. The number of carbonyl (C=O) groups is 1. The molecule has 0 unspecified atom stereocenters. The molecule has 3 aromatic rings. The van der Waals surface area contributed by atoms with Gasteiger partial charge in [0.05, 0.1) is 15.1 Å². The smallest absolute Gasteiger partial charge is 0.270 e. The molecule has 0 aromatic heterocycles. The van der Waals surface area contributed by atoms with Crippen molar-refractivity contribution < 1.29 is 13.9 Å². The zero-order valence-corrected chi connectivity index (χ0v) is 20.9. The number of rotatable bonds is 5. The number of hydrogen-bond acceptors (Lipinski definition) is 4. The Hall–Kier alpha value is -1.90. The van der Waals surface area contributed by atoms with Crippen LogP contribution in [0, 0.1) is 5.82 Å². The number of thioether (sulfide) groups is 1. The van der Waals surface area contributed by atoms with Crippen molar-refractivity contribution in [2.24, 2.45) is 0 Å². The minimum Gasteiger partial charge on any atom is -0.488 e. The maximum absolute atomic E-state index is 13.6. The van der Waals surface area contributed by atoms with Gasteiger partial charge in [0.15, 0.2) is 4.32 Å². The molecule has 32 heavy (non-hydrogen) atoms. The van der Waals surface area contributed by atoms with Crippen LogP contribution in [0.4, 0.5) is 10.1 Å². The first kappa shape index (κ1) is 23.3. The van der Waals surface area contributed by atoms with Crippen molar-refractivity contribution in [3.8, 4) is 5.75 Å². The molecule has 3 aromatic carbocycles. The summed E-state index contributed by atoms with van der Waals surface area (Å²) in [7, 11) is 0. The Balaban J connectivity index is 1.50. The Morgan fingerprint density at radius 3 is 2.66 bits per heavy atom. The average molecular weight is 569 g/mol. The number of carbonyl (C=O) groups excluding carboxylic acids is 1. The van der Waals surface area contributed by atoms with Gasteiger partial charge in [-0.3, -0.25) is 9.69 Å². The van der Waals surface area contributed by atoms with Crippen LogP contribution < -0.4 is 9.64 Å². The number of benzene rings is 3. The van der Waals surface area contributed by atoms with Gasteiger partial charge in [0.2, 0.25) is 0 Å². The second kappa shape index (κ2) is 9.93. The zero-order valence-electron chi connectivity index (χ0n) is 16.2. The number of hydrogen-bond donors (Lipinski definition) is 0. The summed E-state index contributed by atoms with van der Waals surface area (Å²) in [6.07, 6.45) is 1.74. The van der Waals surface area contributed by atoms with Crippen LogP contribution in [0.1, 0.15) is 11.1 Å². The Bertz CT molecular complexity index is 1270. The van der Waals surface area contributed by atoms with Crippen molar-refractivity contribution in [1.29, 1.82) is 0 Å². The lowest BCUT2D eigenvalue weighted by atomic mass is 10.2. The van der Waals surface area contributed by atoms with Crippen molar-refractivity contribution in [2.45, 2.75) is 6.61 Å². The Labute approximate surface area is 212 Å². The fourth-order valence-corrected chi connectivity index (χ4v) is 5.25. The minimum atomic E-state index is -0.431. The fraction of sp³-hybridized carbons (Fsp3) is 0.0435. The minimum absolute atomic E-state index is 0.278. The van der Waals surface area contributed by atoms with Crippen LogP contribution in [0.2, 0.25) is 10.0 Å². The maximum Gasteiger partial charge on any atom is 0.270 e. The van der Waals surface area contributed by atoms with E-state index in [1.165, 1.54) is 28.8 Å². The predicted octanol–water partition coefficient (Wildman–Crippen LogP) is 7.88. The highest BCUT2D eigenvalue weighted by Gasteiger charge is 2.33. The first-order valence-corrected chi connectivity index (χ1v) is 12.0. The molecule has 4 rings (SSSR count). The third-order valence-electron chi connectivity index (χ3n) is 4.51. The lowest BCUT2D eigenvalue weighted by Crippen LogP contribution is -2.27. The Morgan fingerprint density at radius 1 is 1.12 bits per heavy atom. The molecule has 0 bridgehead atoms. The molecule has 1 saturated heterocycles. The van der Waals surface area contributed by atoms with Gasteiger partial charge in [0.1, 0.15) is 18.2 Å². The van der Waals surface area contributed by atoms with E-state index in [0.29, 0.717) is 30.7 Å². The molecule has 1 aliphatic heterocycles. The van der Waals surface area contributed by atoms with E-state index in [4.69, 9.17) is 40.2 Å². The fourth-order valence-electron chi connectivity index (χ4n) is 2.98. The molecule has 1 fully saturated rings. The van der Waals surface area contributed by atoms with Crippen LogP contribution in [-0.4, -0.2) is 10.2 Å². The molecule has 1 amide bonds. The van der Waals surface area contributed by atoms with Crippen molar-refractivity contribution in [3.63, 3.8) is 0 Å². The molecular weight excluding hydrogens is 556 g/mol. The lowest BCUT2D eigenvalue weighted by molar-refractivity contribution is -0.113. The van der Waals surface area contributed by atoms with Crippen molar-refractivity contribution >= 4 is 85.1 Å². The first-order valence-electron chi connectivity index (χ1n) is 9.21. The monoisotopic (exact) mass is 567 g/mol. The van der Waals surface area contributed by atoms with Gasteiger partial charge in [0.25, 0.3) is 5.91 Å².